The molecule has 4 aliphatic heterocycles. The summed E-state index contributed by atoms with van der Waals surface area (Å²) in [5.41, 5.74) is 18.0. The van der Waals surface area contributed by atoms with Crippen molar-refractivity contribution in [1.29, 1.82) is 0 Å². The molecule has 1 aromatic heterocycles. The Labute approximate surface area is 382 Å². The second-order valence-electron chi connectivity index (χ2n) is 17.9. The standard InChI is InChI=1S/C60H37B2N3O/c1-3-19-38(20-4-1)63-50-31-15-12-28-45(50)61-48-37-47-59(64(39-21-5-2-6-22-39)53-34-18-36-55-58(53)62(47)46-29-13-16-35-54(46)66-55)56-44-27-10-9-25-42(44)40-23-7-8-24-41(40)43-26-11-14-30-49(43)65(60(48)56)52-33-17-32-51(63)57(52)61/h1-37H. The van der Waals surface area contributed by atoms with Crippen LogP contribution in [0.25, 0.3) is 49.0 Å². The maximum Gasteiger partial charge on any atom is 0.256 e. The smallest absolute Gasteiger partial charge is 0.256 e. The van der Waals surface area contributed by atoms with Gasteiger partial charge >= 0.3 is 0 Å². The van der Waals surface area contributed by atoms with Gasteiger partial charge in [0, 0.05) is 44.9 Å². The van der Waals surface area contributed by atoms with E-state index in [1.54, 1.807) is 0 Å². The van der Waals surface area contributed by atoms with Crippen LogP contribution in [0.1, 0.15) is 0 Å². The summed E-state index contributed by atoms with van der Waals surface area (Å²) >= 11 is 0. The molecule has 0 spiro atoms. The minimum absolute atomic E-state index is 0.0815. The Morgan fingerprint density at radius 2 is 0.848 bits per heavy atom. The van der Waals surface area contributed by atoms with E-state index in [4.69, 9.17) is 4.74 Å². The van der Waals surface area contributed by atoms with Gasteiger partial charge in [0.05, 0.1) is 16.7 Å². The molecule has 0 N–H and O–H groups in total. The highest BCUT2D eigenvalue weighted by molar-refractivity contribution is 7.03. The second kappa shape index (κ2) is 13.5. The highest BCUT2D eigenvalue weighted by atomic mass is 16.5. The topological polar surface area (TPSA) is 20.6 Å². The first kappa shape index (κ1) is 35.9. The van der Waals surface area contributed by atoms with Gasteiger partial charge in [0.25, 0.3) is 13.4 Å². The molecule has 0 bridgehead atoms. The third-order valence-electron chi connectivity index (χ3n) is 14.6. The first-order chi connectivity index (χ1) is 32.8. The molecular weight excluding hydrogens is 800 g/mol. The highest BCUT2D eigenvalue weighted by Crippen LogP contribution is 2.47. The van der Waals surface area contributed by atoms with Crippen LogP contribution in [0, 0.1) is 0 Å². The zero-order chi connectivity index (χ0) is 43.0. The van der Waals surface area contributed by atoms with E-state index in [0.717, 1.165) is 34.1 Å². The number of ether oxygens (including phenoxy) is 1. The largest absolute Gasteiger partial charge is 0.458 e. The summed E-state index contributed by atoms with van der Waals surface area (Å²) in [6.45, 7) is -0.177. The SMILES string of the molecule is c1ccc(N2c3ccccc3B3c4c2cccc4-n2c4ccccc4c4ccccc4c4ccccc4c4c5c(cc3c42)B2c3ccccc3Oc3cccc(c32)N5c2ccccc2)cc1. The van der Waals surface area contributed by atoms with E-state index in [-0.39, 0.29) is 13.4 Å². The summed E-state index contributed by atoms with van der Waals surface area (Å²) in [7, 11) is 0. The average Bonchev–Trinajstić information content (AvgIpc) is 3.42. The molecule has 5 heterocycles. The molecule has 15 rings (SSSR count). The van der Waals surface area contributed by atoms with Gasteiger partial charge in [-0.2, -0.15) is 0 Å². The van der Waals surface area contributed by atoms with Crippen LogP contribution in [0.5, 0.6) is 11.5 Å². The van der Waals surface area contributed by atoms with E-state index < -0.39 is 0 Å². The van der Waals surface area contributed by atoms with Crippen LogP contribution < -0.4 is 47.3 Å². The van der Waals surface area contributed by atoms with Gasteiger partial charge in [-0.05, 0) is 121 Å². The van der Waals surface area contributed by atoms with E-state index >= 15 is 0 Å². The lowest BCUT2D eigenvalue weighted by Gasteiger charge is -2.44. The lowest BCUT2D eigenvalue weighted by Crippen LogP contribution is -2.64. The van der Waals surface area contributed by atoms with E-state index in [9.17, 15) is 0 Å². The Bertz CT molecular complexity index is 3960. The van der Waals surface area contributed by atoms with E-state index in [2.05, 4.69) is 239 Å². The lowest BCUT2D eigenvalue weighted by molar-refractivity contribution is 0.487. The van der Waals surface area contributed by atoms with Gasteiger partial charge in [0.1, 0.15) is 11.5 Å². The molecule has 0 atom stereocenters. The van der Waals surface area contributed by atoms with Crippen molar-refractivity contribution in [3.05, 3.63) is 224 Å². The molecule has 4 aliphatic rings. The third kappa shape index (κ3) is 4.75. The number of rotatable bonds is 2. The van der Waals surface area contributed by atoms with Crippen LogP contribution in [-0.4, -0.2) is 18.0 Å². The van der Waals surface area contributed by atoms with Crippen LogP contribution in [0.15, 0.2) is 224 Å². The minimum atomic E-state index is -0.0956. The molecular formula is C60H37B2N3O. The lowest BCUT2D eigenvalue weighted by atomic mass is 9.30. The summed E-state index contributed by atoms with van der Waals surface area (Å²) in [4.78, 5) is 5.02. The Hall–Kier alpha value is -8.47. The van der Waals surface area contributed by atoms with Gasteiger partial charge in [-0.25, -0.2) is 0 Å². The zero-order valence-corrected chi connectivity index (χ0v) is 35.8. The summed E-state index contributed by atoms with van der Waals surface area (Å²) in [6, 6.07) is 83.1. The fourth-order valence-corrected chi connectivity index (χ4v) is 12.1. The second-order valence-corrected chi connectivity index (χ2v) is 17.9. The number of nitrogens with zero attached hydrogens (tertiary/aromatic N) is 3. The predicted molar refractivity (Wildman–Crippen MR) is 279 cm³/mol. The molecule has 0 unspecified atom stereocenters. The average molecular weight is 838 g/mol. The Morgan fingerprint density at radius 1 is 0.333 bits per heavy atom. The summed E-state index contributed by atoms with van der Waals surface area (Å²) in [5.74, 6) is 1.81. The first-order valence-corrected chi connectivity index (χ1v) is 22.9. The quantitative estimate of drug-likeness (QED) is 0.162. The van der Waals surface area contributed by atoms with Crippen LogP contribution >= 0.6 is 0 Å². The van der Waals surface area contributed by atoms with Crippen molar-refractivity contribution in [1.82, 2.24) is 4.57 Å². The molecule has 6 heteroatoms. The number of anilines is 6. The van der Waals surface area contributed by atoms with Crippen molar-refractivity contribution in [2.75, 3.05) is 9.80 Å². The Kier molecular flexibility index (Phi) is 7.36. The van der Waals surface area contributed by atoms with Gasteiger partial charge in [0.2, 0.25) is 0 Å². The van der Waals surface area contributed by atoms with Gasteiger partial charge in [-0.1, -0.05) is 158 Å². The number of hydrogen-bond donors (Lipinski definition) is 0. The molecule has 11 aromatic rings. The molecule has 0 fully saturated rings. The van der Waals surface area contributed by atoms with Gasteiger partial charge in [-0.15, -0.1) is 0 Å². The molecule has 0 saturated heterocycles. The number of benzene rings is 10. The fourth-order valence-electron chi connectivity index (χ4n) is 12.1. The van der Waals surface area contributed by atoms with E-state index in [0.29, 0.717) is 0 Å². The summed E-state index contributed by atoms with van der Waals surface area (Å²) < 4.78 is 9.52. The van der Waals surface area contributed by atoms with Crippen molar-refractivity contribution in [2.45, 2.75) is 0 Å². The first-order valence-electron chi connectivity index (χ1n) is 22.9. The molecule has 0 saturated carbocycles. The maximum absolute atomic E-state index is 6.88. The third-order valence-corrected chi connectivity index (χ3v) is 14.6. The van der Waals surface area contributed by atoms with Gasteiger partial charge in [0.15, 0.2) is 0 Å². The predicted octanol–water partition coefficient (Wildman–Crippen LogP) is 11.2. The number of aromatic nitrogens is 1. The Morgan fingerprint density at radius 3 is 1.62 bits per heavy atom. The monoisotopic (exact) mass is 837 g/mol. The molecule has 0 radical (unpaired) electrons. The molecule has 304 valence electrons. The van der Waals surface area contributed by atoms with E-state index in [1.165, 1.54) is 93.4 Å². The molecule has 10 aromatic carbocycles. The zero-order valence-electron chi connectivity index (χ0n) is 35.8. The highest BCUT2D eigenvalue weighted by Gasteiger charge is 2.47. The molecule has 0 aliphatic carbocycles. The van der Waals surface area contributed by atoms with Crippen LogP contribution in [0.2, 0.25) is 0 Å². The molecule has 66 heavy (non-hydrogen) atoms. The summed E-state index contributed by atoms with van der Waals surface area (Å²) in [5, 5.41) is 7.24. The molecule has 0 amide bonds. The van der Waals surface area contributed by atoms with Crippen molar-refractivity contribution in [3.63, 3.8) is 0 Å². The van der Waals surface area contributed by atoms with Crippen molar-refractivity contribution in [3.8, 4) is 17.2 Å². The summed E-state index contributed by atoms with van der Waals surface area (Å²) in [6.07, 6.45) is 0. The van der Waals surface area contributed by atoms with Crippen LogP contribution in [-0.2, 0) is 0 Å². The number of fused-ring (bicyclic) bond motifs is 16. The van der Waals surface area contributed by atoms with Gasteiger partial charge < -0.3 is 19.1 Å². The maximum atomic E-state index is 6.88. The minimum Gasteiger partial charge on any atom is -0.458 e. The van der Waals surface area contributed by atoms with Crippen molar-refractivity contribution in [2.24, 2.45) is 0 Å². The van der Waals surface area contributed by atoms with Gasteiger partial charge in [-0.3, -0.25) is 0 Å². The van der Waals surface area contributed by atoms with Crippen molar-refractivity contribution < 1.29 is 4.74 Å². The van der Waals surface area contributed by atoms with E-state index in [1.807, 2.05) is 0 Å². The van der Waals surface area contributed by atoms with Crippen LogP contribution in [0.4, 0.5) is 34.1 Å². The normalized spacial score (nSPS) is 13.5. The molecule has 4 nitrogen and oxygen atoms in total. The number of hydrogen-bond acceptors (Lipinski definition) is 3. The fraction of sp³-hybridized carbons (Fsp3) is 0. The number of para-hydroxylation sites is 5. The Balaban J connectivity index is 1.25. The van der Waals surface area contributed by atoms with Crippen molar-refractivity contribution >= 4 is 124 Å². The van der Waals surface area contributed by atoms with Crippen LogP contribution in [0.3, 0.4) is 0 Å².